The van der Waals surface area contributed by atoms with Gasteiger partial charge in [-0.1, -0.05) is 30.3 Å². The fourth-order valence-corrected chi connectivity index (χ4v) is 5.21. The van der Waals surface area contributed by atoms with Crippen LogP contribution >= 0.6 is 11.6 Å². The second-order valence-electron chi connectivity index (χ2n) is 10.9. The SMILES string of the molecule is CC(C)(C)OC(=O)Nc1ccc(C(=O)Nc2cccc(C(=O)N3C[C@@H](CCl)c4c3cc(O)c3ccccc43)c2)cc1. The minimum Gasteiger partial charge on any atom is -0.507 e. The van der Waals surface area contributed by atoms with Crippen molar-refractivity contribution in [2.45, 2.75) is 32.3 Å². The number of hydrogen-bond acceptors (Lipinski definition) is 5. The lowest BCUT2D eigenvalue weighted by molar-refractivity contribution is 0.0635. The molecule has 0 unspecified atom stereocenters. The third-order valence-electron chi connectivity index (χ3n) is 6.74. The number of carbonyl (C=O) groups excluding carboxylic acids is 3. The van der Waals surface area contributed by atoms with Crippen molar-refractivity contribution in [3.8, 4) is 5.75 Å². The molecule has 1 heterocycles. The number of nitrogens with zero attached hydrogens (tertiary/aromatic N) is 1. The number of halogens is 1. The van der Waals surface area contributed by atoms with Crippen molar-refractivity contribution in [2.24, 2.45) is 0 Å². The van der Waals surface area contributed by atoms with Crippen LogP contribution in [0.15, 0.2) is 78.9 Å². The van der Waals surface area contributed by atoms with Crippen molar-refractivity contribution in [3.63, 3.8) is 0 Å². The summed E-state index contributed by atoms with van der Waals surface area (Å²) in [6.07, 6.45) is -0.586. The van der Waals surface area contributed by atoms with Crippen LogP contribution in [0.5, 0.6) is 5.75 Å². The Bertz CT molecular complexity index is 1650. The molecule has 0 radical (unpaired) electrons. The first-order valence-electron chi connectivity index (χ1n) is 13.2. The number of rotatable bonds is 5. The highest BCUT2D eigenvalue weighted by atomic mass is 35.5. The number of benzene rings is 4. The van der Waals surface area contributed by atoms with Crippen molar-refractivity contribution < 1.29 is 24.2 Å². The van der Waals surface area contributed by atoms with Crippen molar-refractivity contribution in [2.75, 3.05) is 28.0 Å². The highest BCUT2D eigenvalue weighted by Gasteiger charge is 2.35. The Morgan fingerprint density at radius 3 is 2.29 bits per heavy atom. The van der Waals surface area contributed by atoms with Crippen molar-refractivity contribution >= 4 is 57.3 Å². The van der Waals surface area contributed by atoms with Gasteiger partial charge < -0.3 is 20.1 Å². The minimum absolute atomic E-state index is 0.0863. The van der Waals surface area contributed by atoms with Crippen LogP contribution in [0.3, 0.4) is 0 Å². The van der Waals surface area contributed by atoms with Gasteiger partial charge in [0.2, 0.25) is 0 Å². The monoisotopic (exact) mass is 571 g/mol. The van der Waals surface area contributed by atoms with E-state index >= 15 is 0 Å². The number of nitrogens with one attached hydrogen (secondary N) is 2. The summed E-state index contributed by atoms with van der Waals surface area (Å²) in [6.45, 7) is 5.70. The van der Waals surface area contributed by atoms with Crippen LogP contribution in [0.2, 0.25) is 0 Å². The van der Waals surface area contributed by atoms with E-state index in [-0.39, 0.29) is 23.5 Å². The number of aromatic hydroxyl groups is 1. The van der Waals surface area contributed by atoms with Crippen LogP contribution in [0.4, 0.5) is 21.9 Å². The second kappa shape index (κ2) is 11.1. The fourth-order valence-electron chi connectivity index (χ4n) is 4.96. The molecule has 0 fully saturated rings. The van der Waals surface area contributed by atoms with Gasteiger partial charge in [0, 0.05) is 52.3 Å². The highest BCUT2D eigenvalue weighted by Crippen LogP contribution is 2.45. The van der Waals surface area contributed by atoms with E-state index < -0.39 is 11.7 Å². The van der Waals surface area contributed by atoms with Gasteiger partial charge in [0.05, 0.1) is 5.69 Å². The molecule has 210 valence electrons. The van der Waals surface area contributed by atoms with E-state index in [1.165, 1.54) is 0 Å². The zero-order valence-corrected chi connectivity index (χ0v) is 23.7. The molecule has 9 heteroatoms. The Balaban J connectivity index is 1.32. The number of anilines is 3. The van der Waals surface area contributed by atoms with Gasteiger partial charge in [0.1, 0.15) is 11.4 Å². The maximum absolute atomic E-state index is 13.7. The molecule has 0 bridgehead atoms. The van der Waals surface area contributed by atoms with Crippen LogP contribution in [0.1, 0.15) is 53.0 Å². The zero-order chi connectivity index (χ0) is 29.3. The summed E-state index contributed by atoms with van der Waals surface area (Å²) in [6, 6.07) is 22.2. The molecular weight excluding hydrogens is 542 g/mol. The molecule has 1 atom stereocenters. The molecule has 3 amide bonds. The molecule has 4 aromatic rings. The van der Waals surface area contributed by atoms with E-state index in [9.17, 15) is 19.5 Å². The van der Waals surface area contributed by atoms with Gasteiger partial charge in [0.15, 0.2) is 0 Å². The summed E-state index contributed by atoms with van der Waals surface area (Å²) in [7, 11) is 0. The van der Waals surface area contributed by atoms with Crippen LogP contribution < -0.4 is 15.5 Å². The van der Waals surface area contributed by atoms with Crippen molar-refractivity contribution in [1.82, 2.24) is 0 Å². The standard InChI is InChI=1S/C32H30ClN3O5/c1-32(2,3)41-31(40)35-22-13-11-19(12-14-22)29(38)34-23-8-6-7-20(15-23)30(39)36-18-21(17-33)28-25-10-5-4-9-24(25)27(37)16-26(28)36/h4-16,21,37H,17-18H2,1-3H3,(H,34,38)(H,35,40)/t21-/m1/s1. The first-order chi connectivity index (χ1) is 19.5. The normalized spacial score (nSPS) is 14.4. The summed E-state index contributed by atoms with van der Waals surface area (Å²) in [4.78, 5) is 40.2. The molecule has 1 aliphatic heterocycles. The third kappa shape index (κ3) is 5.98. The van der Waals surface area contributed by atoms with Crippen LogP contribution in [0, 0.1) is 0 Å². The average molecular weight is 572 g/mol. The summed E-state index contributed by atoms with van der Waals surface area (Å²) in [5.41, 5.74) is 2.64. The van der Waals surface area contributed by atoms with Gasteiger partial charge in [-0.25, -0.2) is 4.79 Å². The highest BCUT2D eigenvalue weighted by molar-refractivity contribution is 6.19. The van der Waals surface area contributed by atoms with Gasteiger partial charge >= 0.3 is 6.09 Å². The van der Waals surface area contributed by atoms with Crippen molar-refractivity contribution in [3.05, 3.63) is 95.6 Å². The van der Waals surface area contributed by atoms with E-state index in [2.05, 4.69) is 10.6 Å². The van der Waals surface area contributed by atoms with Gasteiger partial charge in [-0.2, -0.15) is 0 Å². The number of phenols is 1. The topological polar surface area (TPSA) is 108 Å². The molecule has 5 rings (SSSR count). The number of alkyl halides is 1. The van der Waals surface area contributed by atoms with Gasteiger partial charge in [-0.3, -0.25) is 14.9 Å². The average Bonchev–Trinajstić information content (AvgIpc) is 3.31. The summed E-state index contributed by atoms with van der Waals surface area (Å²) in [5.74, 6) is -0.295. The Morgan fingerprint density at radius 2 is 1.61 bits per heavy atom. The zero-order valence-electron chi connectivity index (χ0n) is 22.9. The lowest BCUT2D eigenvalue weighted by Gasteiger charge is -2.19. The number of phenolic OH excluding ortho intramolecular Hbond substituents is 1. The van der Waals surface area contributed by atoms with E-state index in [0.29, 0.717) is 46.0 Å². The fraction of sp³-hybridized carbons (Fsp3) is 0.219. The third-order valence-corrected chi connectivity index (χ3v) is 7.11. The smallest absolute Gasteiger partial charge is 0.412 e. The molecule has 8 nitrogen and oxygen atoms in total. The Kier molecular flexibility index (Phi) is 7.60. The summed E-state index contributed by atoms with van der Waals surface area (Å²) < 4.78 is 5.24. The number of carbonyl (C=O) groups is 3. The first-order valence-corrected chi connectivity index (χ1v) is 13.7. The maximum Gasteiger partial charge on any atom is 0.412 e. The number of hydrogen-bond donors (Lipinski definition) is 3. The van der Waals surface area contributed by atoms with Crippen LogP contribution in [-0.4, -0.2) is 41.0 Å². The molecule has 3 N–H and O–H groups in total. The second-order valence-corrected chi connectivity index (χ2v) is 11.2. The van der Waals surface area contributed by atoms with Gasteiger partial charge in [-0.05, 0) is 74.2 Å². The molecule has 0 saturated carbocycles. The molecule has 41 heavy (non-hydrogen) atoms. The Hall–Kier alpha value is -4.56. The molecule has 1 aliphatic rings. The van der Waals surface area contributed by atoms with Gasteiger partial charge in [0.25, 0.3) is 11.8 Å². The van der Waals surface area contributed by atoms with E-state index in [1.54, 1.807) is 80.3 Å². The lowest BCUT2D eigenvalue weighted by atomic mass is 9.95. The van der Waals surface area contributed by atoms with E-state index in [1.807, 2.05) is 24.3 Å². The van der Waals surface area contributed by atoms with E-state index in [4.69, 9.17) is 16.3 Å². The Morgan fingerprint density at radius 1 is 0.902 bits per heavy atom. The van der Waals surface area contributed by atoms with Gasteiger partial charge in [-0.15, -0.1) is 11.6 Å². The lowest BCUT2D eigenvalue weighted by Crippen LogP contribution is -2.30. The first kappa shape index (κ1) is 28.0. The minimum atomic E-state index is -0.625. The molecule has 0 aromatic heterocycles. The number of fused-ring (bicyclic) bond motifs is 3. The molecule has 0 spiro atoms. The summed E-state index contributed by atoms with van der Waals surface area (Å²) in [5, 5.41) is 17.7. The molecule has 4 aromatic carbocycles. The number of amides is 3. The molecular formula is C32H30ClN3O5. The number of ether oxygens (including phenoxy) is 1. The largest absolute Gasteiger partial charge is 0.507 e. The predicted octanol–water partition coefficient (Wildman–Crippen LogP) is 7.13. The maximum atomic E-state index is 13.7. The molecule has 0 saturated heterocycles. The Labute approximate surface area is 242 Å². The van der Waals surface area contributed by atoms with Crippen LogP contribution in [0.25, 0.3) is 10.8 Å². The molecule has 0 aliphatic carbocycles. The van der Waals surface area contributed by atoms with Crippen molar-refractivity contribution in [1.29, 1.82) is 0 Å². The van der Waals surface area contributed by atoms with Crippen LogP contribution in [-0.2, 0) is 4.74 Å². The predicted molar refractivity (Wildman–Crippen MR) is 161 cm³/mol. The van der Waals surface area contributed by atoms with E-state index in [0.717, 1.165) is 10.9 Å². The quantitative estimate of drug-likeness (QED) is 0.221. The summed E-state index contributed by atoms with van der Waals surface area (Å²) >= 11 is 6.32.